The van der Waals surface area contributed by atoms with Gasteiger partial charge in [0.15, 0.2) is 0 Å². The van der Waals surface area contributed by atoms with Crippen LogP contribution in [0.25, 0.3) is 0 Å². The number of hydrogen-bond donors (Lipinski definition) is 1. The van der Waals surface area contributed by atoms with Gasteiger partial charge in [0.25, 0.3) is 0 Å². The van der Waals surface area contributed by atoms with Crippen molar-refractivity contribution in [3.05, 3.63) is 52.0 Å². The third-order valence-corrected chi connectivity index (χ3v) is 4.82. The van der Waals surface area contributed by atoms with E-state index >= 15 is 0 Å². The third-order valence-electron chi connectivity index (χ3n) is 2.16. The molecule has 17 heavy (non-hydrogen) atoms. The Morgan fingerprint density at radius 2 is 2.12 bits per heavy atom. The number of hydrogen-bond acceptors (Lipinski definition) is 2. The molecule has 0 bridgehead atoms. The Bertz CT molecular complexity index is 415. The van der Waals surface area contributed by atoms with Gasteiger partial charge < -0.3 is 5.11 Å². The van der Waals surface area contributed by atoms with Gasteiger partial charge in [0.05, 0.1) is 16.9 Å². The molecule has 2 unspecified atom stereocenters. The second kappa shape index (κ2) is 7.79. The first kappa shape index (κ1) is 14.6. The molecule has 0 amide bonds. The van der Waals surface area contributed by atoms with Crippen molar-refractivity contribution in [2.24, 2.45) is 0 Å². The highest BCUT2D eigenvalue weighted by molar-refractivity contribution is 14.1. The number of rotatable bonds is 6. The lowest BCUT2D eigenvalue weighted by atomic mass is 10.2. The van der Waals surface area contributed by atoms with Crippen molar-refractivity contribution in [2.45, 2.75) is 23.8 Å². The molecular formula is C13H15IO2S. The summed E-state index contributed by atoms with van der Waals surface area (Å²) < 4.78 is 12.6. The highest BCUT2D eigenvalue weighted by Gasteiger charge is 2.09. The molecule has 0 aliphatic rings. The molecule has 2 atom stereocenters. The Labute approximate surface area is 118 Å². The van der Waals surface area contributed by atoms with Gasteiger partial charge in [-0.3, -0.25) is 0 Å². The van der Waals surface area contributed by atoms with Gasteiger partial charge >= 0.3 is 0 Å². The van der Waals surface area contributed by atoms with Gasteiger partial charge in [0, 0.05) is 13.9 Å². The van der Waals surface area contributed by atoms with Crippen molar-refractivity contribution in [1.29, 1.82) is 0 Å². The number of aliphatic hydroxyl groups is 1. The summed E-state index contributed by atoms with van der Waals surface area (Å²) >= 11 is 2.03. The summed E-state index contributed by atoms with van der Waals surface area (Å²) in [6, 6.07) is 9.21. The summed E-state index contributed by atoms with van der Waals surface area (Å²) in [4.78, 5) is 0.748. The van der Waals surface area contributed by atoms with Crippen LogP contribution in [0.1, 0.15) is 12.8 Å². The summed E-state index contributed by atoms with van der Waals surface area (Å²) in [5.74, 6) is 0. The molecule has 0 aliphatic carbocycles. The van der Waals surface area contributed by atoms with Crippen LogP contribution in [0, 0.1) is 0 Å². The second-order valence-corrected chi connectivity index (χ2v) is 6.04. The van der Waals surface area contributed by atoms with Gasteiger partial charge in [-0.25, -0.2) is 4.21 Å². The molecule has 1 N–H and O–H groups in total. The largest absolute Gasteiger partial charge is 0.388 e. The zero-order valence-electron chi connectivity index (χ0n) is 9.38. The minimum atomic E-state index is -1.19. The summed E-state index contributed by atoms with van der Waals surface area (Å²) in [6.45, 7) is 3.61. The summed E-state index contributed by atoms with van der Waals surface area (Å²) in [5.41, 5.74) is 0. The first-order valence-electron chi connectivity index (χ1n) is 5.27. The van der Waals surface area contributed by atoms with E-state index in [4.69, 9.17) is 0 Å². The highest BCUT2D eigenvalue weighted by Crippen LogP contribution is 2.19. The van der Waals surface area contributed by atoms with Crippen molar-refractivity contribution < 1.29 is 9.32 Å². The number of aliphatic hydroxyl groups excluding tert-OH is 1. The van der Waals surface area contributed by atoms with E-state index in [-0.39, 0.29) is 0 Å². The number of benzene rings is 1. The van der Waals surface area contributed by atoms with Gasteiger partial charge in [0.1, 0.15) is 0 Å². The Morgan fingerprint density at radius 1 is 1.47 bits per heavy atom. The van der Waals surface area contributed by atoms with Crippen LogP contribution >= 0.6 is 22.6 Å². The van der Waals surface area contributed by atoms with Crippen LogP contribution in [0.5, 0.6) is 0 Å². The molecule has 0 aliphatic heterocycles. The van der Waals surface area contributed by atoms with E-state index in [0.29, 0.717) is 10.0 Å². The van der Waals surface area contributed by atoms with Crippen molar-refractivity contribution in [3.63, 3.8) is 0 Å². The fraction of sp³-hybridized carbons (Fsp3) is 0.231. The Balaban J connectivity index is 2.68. The highest BCUT2D eigenvalue weighted by atomic mass is 127. The van der Waals surface area contributed by atoms with E-state index in [2.05, 4.69) is 6.58 Å². The fourth-order valence-corrected chi connectivity index (χ4v) is 3.14. The van der Waals surface area contributed by atoms with Crippen LogP contribution < -0.4 is 0 Å². The first-order valence-corrected chi connectivity index (χ1v) is 7.56. The van der Waals surface area contributed by atoms with Gasteiger partial charge in [-0.1, -0.05) is 24.3 Å². The summed E-state index contributed by atoms with van der Waals surface area (Å²) in [7, 11) is -1.19. The van der Waals surface area contributed by atoms with Crippen molar-refractivity contribution in [2.75, 3.05) is 0 Å². The average Bonchev–Trinajstić information content (AvgIpc) is 2.36. The second-order valence-electron chi connectivity index (χ2n) is 3.50. The molecule has 4 heteroatoms. The quantitative estimate of drug-likeness (QED) is 0.622. The molecule has 0 saturated carbocycles. The average molecular weight is 362 g/mol. The van der Waals surface area contributed by atoms with Crippen molar-refractivity contribution >= 4 is 33.4 Å². The molecule has 0 radical (unpaired) electrons. The zero-order chi connectivity index (χ0) is 12.7. The molecule has 1 rings (SSSR count). The number of halogens is 1. The van der Waals surface area contributed by atoms with E-state index in [1.54, 1.807) is 11.5 Å². The number of allylic oxidation sites excluding steroid dienone is 1. The van der Waals surface area contributed by atoms with Gasteiger partial charge in [-0.2, -0.15) is 0 Å². The van der Waals surface area contributed by atoms with Crippen molar-refractivity contribution in [3.8, 4) is 0 Å². The predicted molar refractivity (Wildman–Crippen MR) is 80.4 cm³/mol. The van der Waals surface area contributed by atoms with Crippen LogP contribution in [0.4, 0.5) is 0 Å². The van der Waals surface area contributed by atoms with E-state index in [0.717, 1.165) is 11.3 Å². The molecular weight excluding hydrogens is 347 g/mol. The monoisotopic (exact) mass is 362 g/mol. The summed E-state index contributed by atoms with van der Waals surface area (Å²) in [6.07, 6.45) is 2.58. The normalized spacial score (nSPS) is 15.3. The molecule has 0 fully saturated rings. The molecule has 0 spiro atoms. The molecule has 1 aromatic carbocycles. The van der Waals surface area contributed by atoms with Crippen LogP contribution in [-0.2, 0) is 10.8 Å². The van der Waals surface area contributed by atoms with Gasteiger partial charge in [-0.05, 0) is 47.6 Å². The fourth-order valence-electron chi connectivity index (χ4n) is 1.22. The van der Waals surface area contributed by atoms with Crippen molar-refractivity contribution in [1.82, 2.24) is 0 Å². The maximum absolute atomic E-state index is 11.9. The molecule has 1 aromatic rings. The van der Waals surface area contributed by atoms with Crippen LogP contribution in [0.15, 0.2) is 56.9 Å². The zero-order valence-corrected chi connectivity index (χ0v) is 12.4. The lowest BCUT2D eigenvalue weighted by Crippen LogP contribution is -2.06. The van der Waals surface area contributed by atoms with Crippen LogP contribution in [-0.4, -0.2) is 15.4 Å². The maximum Gasteiger partial charge on any atom is 0.0855 e. The van der Waals surface area contributed by atoms with Gasteiger partial charge in [0.2, 0.25) is 0 Å². The lowest BCUT2D eigenvalue weighted by Gasteiger charge is -2.08. The molecule has 0 aromatic heterocycles. The Morgan fingerprint density at radius 3 is 2.71 bits per heavy atom. The SMILES string of the molecule is C=CCCC(O)/C(I)=C\S(=O)c1ccccc1. The lowest BCUT2D eigenvalue weighted by molar-refractivity contribution is 0.212. The van der Waals surface area contributed by atoms with E-state index in [1.807, 2.05) is 52.9 Å². The van der Waals surface area contributed by atoms with Crippen LogP contribution in [0.3, 0.4) is 0 Å². The van der Waals surface area contributed by atoms with E-state index in [9.17, 15) is 9.32 Å². The third kappa shape index (κ3) is 5.14. The topological polar surface area (TPSA) is 37.3 Å². The molecule has 92 valence electrons. The Kier molecular flexibility index (Phi) is 6.69. The first-order chi connectivity index (χ1) is 8.15. The van der Waals surface area contributed by atoms with E-state index < -0.39 is 16.9 Å². The predicted octanol–water partition coefficient (Wildman–Crippen LogP) is 3.40. The maximum atomic E-state index is 11.9. The molecule has 2 nitrogen and oxygen atoms in total. The smallest absolute Gasteiger partial charge is 0.0855 e. The standard InChI is InChI=1S/C13H15IO2S/c1-2-3-9-13(15)12(14)10-17(16)11-7-5-4-6-8-11/h2,4-8,10,13,15H,1,3,9H2/b12-10+. The molecule has 0 heterocycles. The minimum Gasteiger partial charge on any atom is -0.388 e. The Hall–Kier alpha value is -0.460. The van der Waals surface area contributed by atoms with Crippen LogP contribution in [0.2, 0.25) is 0 Å². The summed E-state index contributed by atoms with van der Waals surface area (Å²) in [5, 5.41) is 11.4. The van der Waals surface area contributed by atoms with E-state index in [1.165, 1.54) is 0 Å². The molecule has 0 saturated heterocycles. The van der Waals surface area contributed by atoms with Gasteiger partial charge in [-0.15, -0.1) is 6.58 Å². The minimum absolute atomic E-state index is 0.554.